The Bertz CT molecular complexity index is 1430. The van der Waals surface area contributed by atoms with Crippen LogP contribution in [0.2, 0.25) is 0 Å². The topological polar surface area (TPSA) is 81.7 Å². The van der Waals surface area contributed by atoms with Crippen molar-refractivity contribution in [2.75, 3.05) is 11.9 Å². The van der Waals surface area contributed by atoms with Gasteiger partial charge in [-0.1, -0.05) is 45.9 Å². The zero-order valence-corrected chi connectivity index (χ0v) is 26.5. The second kappa shape index (κ2) is 10.6. The summed E-state index contributed by atoms with van der Waals surface area (Å²) in [6.07, 6.45) is 2.06. The Morgan fingerprint density at radius 1 is 0.925 bits per heavy atom. The minimum atomic E-state index is -0.517. The highest BCUT2D eigenvalue weighted by Gasteiger charge is 2.48. The van der Waals surface area contributed by atoms with E-state index in [0.717, 1.165) is 16.8 Å². The summed E-state index contributed by atoms with van der Waals surface area (Å²) in [7, 11) is 0. The summed E-state index contributed by atoms with van der Waals surface area (Å²) in [6, 6.07) is 11.3. The Hall–Kier alpha value is -2.71. The maximum Gasteiger partial charge on any atom is 0.262 e. The van der Waals surface area contributed by atoms with Gasteiger partial charge >= 0.3 is 0 Å². The normalized spacial score (nSPS) is 20.1. The fraction of sp³-hybridized carbons (Fsp3) is 0.406. The fourth-order valence-electron chi connectivity index (χ4n) is 5.93. The maximum atomic E-state index is 13.6. The van der Waals surface area contributed by atoms with E-state index in [4.69, 9.17) is 9.47 Å². The van der Waals surface area contributed by atoms with E-state index in [1.807, 2.05) is 43.3 Å². The van der Waals surface area contributed by atoms with Crippen LogP contribution in [0.4, 0.5) is 5.69 Å². The van der Waals surface area contributed by atoms with Gasteiger partial charge in [0.25, 0.3) is 5.91 Å². The number of ether oxygens (including phenoxy) is 2. The van der Waals surface area contributed by atoms with Crippen LogP contribution in [-0.2, 0) is 19.1 Å². The van der Waals surface area contributed by atoms with Crippen LogP contribution in [0, 0.1) is 17.8 Å². The molecule has 2 aromatic carbocycles. The zero-order chi connectivity index (χ0) is 29.0. The molecule has 8 heteroatoms. The van der Waals surface area contributed by atoms with Crippen LogP contribution < -0.4 is 10.1 Å². The van der Waals surface area contributed by atoms with Crippen LogP contribution in [0.1, 0.15) is 70.4 Å². The van der Waals surface area contributed by atoms with E-state index in [0.29, 0.717) is 63.0 Å². The molecule has 2 aromatic rings. The van der Waals surface area contributed by atoms with Gasteiger partial charge in [0.1, 0.15) is 17.3 Å². The summed E-state index contributed by atoms with van der Waals surface area (Å²) in [5, 5.41) is 2.87. The van der Waals surface area contributed by atoms with E-state index in [-0.39, 0.29) is 34.9 Å². The molecule has 0 saturated carbocycles. The van der Waals surface area contributed by atoms with Crippen molar-refractivity contribution in [2.45, 2.75) is 66.2 Å². The lowest BCUT2D eigenvalue weighted by atomic mass is 9.65. The van der Waals surface area contributed by atoms with Crippen LogP contribution >= 0.6 is 31.9 Å². The van der Waals surface area contributed by atoms with E-state index in [1.165, 1.54) is 0 Å². The molecule has 6 nitrogen and oxygen atoms in total. The molecular formula is C32H33Br2NO5. The van der Waals surface area contributed by atoms with Crippen LogP contribution in [0.3, 0.4) is 0 Å². The molecule has 0 spiro atoms. The number of carbonyl (C=O) groups is 3. The highest BCUT2D eigenvalue weighted by atomic mass is 79.9. The van der Waals surface area contributed by atoms with Crippen molar-refractivity contribution >= 4 is 55.0 Å². The van der Waals surface area contributed by atoms with Gasteiger partial charge < -0.3 is 14.8 Å². The Balaban J connectivity index is 1.48. The SMILES string of the molecule is Cc1ccccc1NC(=O)COc1c(Br)cc(C2C3=C(CC(C)(C)CC3=O)OC3=C2C(=O)CC(C)(C)C3)cc1Br. The molecule has 0 fully saturated rings. The fourth-order valence-corrected chi connectivity index (χ4v) is 7.38. The molecule has 0 saturated heterocycles. The lowest BCUT2D eigenvalue weighted by molar-refractivity contribution is -0.120. The smallest absolute Gasteiger partial charge is 0.262 e. The molecule has 0 aromatic heterocycles. The number of anilines is 1. The summed E-state index contributed by atoms with van der Waals surface area (Å²) in [6.45, 7) is 10.0. The zero-order valence-electron chi connectivity index (χ0n) is 23.4. The number of benzene rings is 2. The van der Waals surface area contributed by atoms with Crippen LogP contribution in [0.15, 0.2) is 68.0 Å². The average Bonchev–Trinajstić information content (AvgIpc) is 2.82. The summed E-state index contributed by atoms with van der Waals surface area (Å²) in [5.74, 6) is 1.05. The summed E-state index contributed by atoms with van der Waals surface area (Å²) >= 11 is 7.23. The highest BCUT2D eigenvalue weighted by molar-refractivity contribution is 9.11. The van der Waals surface area contributed by atoms with Crippen molar-refractivity contribution in [3.05, 3.63) is 79.1 Å². The molecule has 0 unspecified atom stereocenters. The molecule has 5 rings (SSSR count). The van der Waals surface area contributed by atoms with Gasteiger partial charge in [0, 0.05) is 48.4 Å². The van der Waals surface area contributed by atoms with E-state index >= 15 is 0 Å². The minimum Gasteiger partial charge on any atom is -0.481 e. The number of Topliss-reactive ketones (excluding diaryl/α,β-unsaturated/α-hetero) is 2. The van der Waals surface area contributed by atoms with Crippen LogP contribution in [-0.4, -0.2) is 24.1 Å². The number of halogens is 2. The van der Waals surface area contributed by atoms with Crippen molar-refractivity contribution in [1.29, 1.82) is 0 Å². The Labute approximate surface area is 251 Å². The number of para-hydroxylation sites is 1. The van der Waals surface area contributed by atoms with E-state index in [1.54, 1.807) is 0 Å². The maximum absolute atomic E-state index is 13.6. The van der Waals surface area contributed by atoms with Crippen molar-refractivity contribution in [3.8, 4) is 5.75 Å². The first-order valence-corrected chi connectivity index (χ1v) is 15.0. The third-order valence-electron chi connectivity index (χ3n) is 7.70. The number of aryl methyl sites for hydroxylation is 1. The first kappa shape index (κ1) is 28.8. The predicted octanol–water partition coefficient (Wildman–Crippen LogP) is 7.94. The van der Waals surface area contributed by atoms with Gasteiger partial charge in [-0.3, -0.25) is 14.4 Å². The number of hydrogen-bond donors (Lipinski definition) is 1. The number of amides is 1. The van der Waals surface area contributed by atoms with Crippen LogP contribution in [0.25, 0.3) is 0 Å². The average molecular weight is 671 g/mol. The second-order valence-electron chi connectivity index (χ2n) is 12.6. The highest BCUT2D eigenvalue weighted by Crippen LogP contribution is 2.54. The molecule has 0 bridgehead atoms. The lowest BCUT2D eigenvalue weighted by Gasteiger charge is -2.42. The Morgan fingerprint density at radius 2 is 1.45 bits per heavy atom. The van der Waals surface area contributed by atoms with Gasteiger partial charge in [-0.15, -0.1) is 0 Å². The summed E-state index contributed by atoms with van der Waals surface area (Å²) in [4.78, 5) is 39.7. The Kier molecular flexibility index (Phi) is 7.64. The van der Waals surface area contributed by atoms with Gasteiger partial charge in [-0.05, 0) is 78.9 Å². The van der Waals surface area contributed by atoms with Gasteiger partial charge in [0.05, 0.1) is 8.95 Å². The van der Waals surface area contributed by atoms with Gasteiger partial charge in [0.15, 0.2) is 18.2 Å². The summed E-state index contributed by atoms with van der Waals surface area (Å²) in [5.41, 5.74) is 3.21. The van der Waals surface area contributed by atoms with Gasteiger partial charge in [-0.25, -0.2) is 0 Å². The number of hydrogen-bond acceptors (Lipinski definition) is 5. The molecule has 0 radical (unpaired) electrons. The molecular weight excluding hydrogens is 638 g/mol. The van der Waals surface area contributed by atoms with Crippen molar-refractivity contribution < 1.29 is 23.9 Å². The number of allylic oxidation sites excluding steroid dienone is 4. The standard InChI is InChI=1S/C32H33Br2NO5/c1-17-8-6-7-9-21(17)35-26(38)16-39-30-19(33)10-18(11-20(30)34)27-28-22(36)12-31(2,3)14-24(28)40-25-15-32(4,5)13-23(37)29(25)27/h6-11,27H,12-16H2,1-5H3,(H,35,38). The number of carbonyl (C=O) groups excluding carboxylic acids is 3. The molecule has 0 atom stereocenters. The molecule has 40 heavy (non-hydrogen) atoms. The quantitative estimate of drug-likeness (QED) is 0.349. The molecule has 1 N–H and O–H groups in total. The Morgan fingerprint density at radius 3 is 1.98 bits per heavy atom. The molecule has 1 heterocycles. The van der Waals surface area contributed by atoms with E-state index in [9.17, 15) is 14.4 Å². The van der Waals surface area contributed by atoms with E-state index < -0.39 is 5.92 Å². The minimum absolute atomic E-state index is 0.0147. The predicted molar refractivity (Wildman–Crippen MR) is 161 cm³/mol. The van der Waals surface area contributed by atoms with Crippen molar-refractivity contribution in [1.82, 2.24) is 0 Å². The molecule has 3 aliphatic rings. The van der Waals surface area contributed by atoms with Gasteiger partial charge in [0.2, 0.25) is 0 Å². The van der Waals surface area contributed by atoms with Crippen molar-refractivity contribution in [3.63, 3.8) is 0 Å². The molecule has 1 amide bonds. The van der Waals surface area contributed by atoms with Crippen LogP contribution in [0.5, 0.6) is 5.75 Å². The van der Waals surface area contributed by atoms with Crippen molar-refractivity contribution in [2.24, 2.45) is 10.8 Å². The monoisotopic (exact) mass is 669 g/mol. The number of ketones is 2. The largest absolute Gasteiger partial charge is 0.481 e. The number of nitrogens with one attached hydrogen (secondary N) is 1. The number of rotatable bonds is 5. The third kappa shape index (κ3) is 5.70. The molecule has 1 aliphatic heterocycles. The van der Waals surface area contributed by atoms with E-state index in [2.05, 4.69) is 64.9 Å². The molecule has 2 aliphatic carbocycles. The summed E-state index contributed by atoms with van der Waals surface area (Å²) < 4.78 is 13.5. The first-order valence-electron chi connectivity index (χ1n) is 13.4. The lowest BCUT2D eigenvalue weighted by Crippen LogP contribution is -2.37. The second-order valence-corrected chi connectivity index (χ2v) is 14.3. The molecule has 210 valence electrons. The van der Waals surface area contributed by atoms with Gasteiger partial charge in [-0.2, -0.15) is 0 Å². The third-order valence-corrected chi connectivity index (χ3v) is 8.88. The first-order chi connectivity index (χ1) is 18.7.